The fourth-order valence-electron chi connectivity index (χ4n) is 2.07. The molecule has 4 nitrogen and oxygen atoms in total. The number of aromatic nitrogens is 1. The van der Waals surface area contributed by atoms with E-state index in [0.717, 1.165) is 28.2 Å². The highest BCUT2D eigenvalue weighted by Crippen LogP contribution is 2.38. The van der Waals surface area contributed by atoms with Crippen LogP contribution in [-0.4, -0.2) is 18.2 Å². The molecule has 5 heteroatoms. The Morgan fingerprint density at radius 2 is 2.00 bits per heavy atom. The van der Waals surface area contributed by atoms with Crippen molar-refractivity contribution in [1.82, 2.24) is 4.98 Å². The Morgan fingerprint density at radius 3 is 2.75 bits per heavy atom. The smallest absolute Gasteiger partial charge is 0.163 e. The maximum atomic E-state index is 5.60. The summed E-state index contributed by atoms with van der Waals surface area (Å²) in [5.41, 5.74) is 3.38. The lowest BCUT2D eigenvalue weighted by molar-refractivity contribution is 0.171. The number of benzene rings is 1. The van der Waals surface area contributed by atoms with Gasteiger partial charge in [0.15, 0.2) is 11.5 Å². The molecule has 0 fully saturated rings. The van der Waals surface area contributed by atoms with E-state index in [9.17, 15) is 0 Å². The third-order valence-electron chi connectivity index (χ3n) is 3.25. The van der Waals surface area contributed by atoms with Crippen LogP contribution in [0.25, 0.3) is 0 Å². The topological polar surface area (TPSA) is 43.4 Å². The highest BCUT2D eigenvalue weighted by Gasteiger charge is 2.14. The standard InChI is InChI=1S/C15H15BrN2O2/c1-10-2-3-17-8-11(10)9-18-13-7-15-14(6-12(13)16)19-4-5-20-15/h2-3,6-8,18H,4-5,9H2,1H3. The summed E-state index contributed by atoms with van der Waals surface area (Å²) in [6.07, 6.45) is 3.69. The largest absolute Gasteiger partial charge is 0.486 e. The molecule has 2 aromatic rings. The van der Waals surface area contributed by atoms with Gasteiger partial charge in [-0.1, -0.05) is 0 Å². The number of hydrogen-bond acceptors (Lipinski definition) is 4. The molecule has 1 aliphatic rings. The lowest BCUT2D eigenvalue weighted by Crippen LogP contribution is -2.15. The van der Waals surface area contributed by atoms with E-state index in [0.29, 0.717) is 13.2 Å². The highest BCUT2D eigenvalue weighted by atomic mass is 79.9. The van der Waals surface area contributed by atoms with Gasteiger partial charge in [0, 0.05) is 35.5 Å². The normalized spacial score (nSPS) is 13.1. The first-order valence-electron chi connectivity index (χ1n) is 6.46. The van der Waals surface area contributed by atoms with Gasteiger partial charge in [-0.2, -0.15) is 0 Å². The van der Waals surface area contributed by atoms with Gasteiger partial charge in [-0.3, -0.25) is 4.98 Å². The fourth-order valence-corrected chi connectivity index (χ4v) is 2.53. The van der Waals surface area contributed by atoms with Gasteiger partial charge in [0.1, 0.15) is 13.2 Å². The molecule has 3 rings (SSSR count). The van der Waals surface area contributed by atoms with E-state index in [-0.39, 0.29) is 0 Å². The van der Waals surface area contributed by atoms with Crippen molar-refractivity contribution in [2.75, 3.05) is 18.5 Å². The average Bonchev–Trinajstić information content (AvgIpc) is 2.46. The van der Waals surface area contributed by atoms with Gasteiger partial charge in [-0.25, -0.2) is 0 Å². The molecule has 0 unspecified atom stereocenters. The van der Waals surface area contributed by atoms with Crippen LogP contribution in [0.15, 0.2) is 35.1 Å². The van der Waals surface area contributed by atoms with Crippen molar-refractivity contribution in [3.8, 4) is 11.5 Å². The van der Waals surface area contributed by atoms with Gasteiger partial charge in [-0.15, -0.1) is 0 Å². The van der Waals surface area contributed by atoms with Gasteiger partial charge in [0.2, 0.25) is 0 Å². The third kappa shape index (κ3) is 2.72. The molecule has 0 saturated heterocycles. The molecule has 0 saturated carbocycles. The molecule has 20 heavy (non-hydrogen) atoms. The second kappa shape index (κ2) is 5.71. The van der Waals surface area contributed by atoms with Gasteiger partial charge in [0.05, 0.1) is 5.69 Å². The molecule has 0 atom stereocenters. The molecule has 2 heterocycles. The van der Waals surface area contributed by atoms with Crippen molar-refractivity contribution in [2.24, 2.45) is 0 Å². The van der Waals surface area contributed by atoms with E-state index in [1.807, 2.05) is 24.4 Å². The van der Waals surface area contributed by atoms with E-state index in [2.05, 4.69) is 33.2 Å². The summed E-state index contributed by atoms with van der Waals surface area (Å²) in [6, 6.07) is 5.91. The maximum Gasteiger partial charge on any atom is 0.163 e. The minimum atomic E-state index is 0.593. The fraction of sp³-hybridized carbons (Fsp3) is 0.267. The zero-order valence-corrected chi connectivity index (χ0v) is 12.7. The van der Waals surface area contributed by atoms with E-state index in [1.54, 1.807) is 6.20 Å². The Bertz CT molecular complexity index is 631. The third-order valence-corrected chi connectivity index (χ3v) is 3.90. The van der Waals surface area contributed by atoms with Gasteiger partial charge >= 0.3 is 0 Å². The van der Waals surface area contributed by atoms with Crippen LogP contribution in [0.4, 0.5) is 5.69 Å². The summed E-state index contributed by atoms with van der Waals surface area (Å²) in [5.74, 6) is 1.57. The summed E-state index contributed by atoms with van der Waals surface area (Å²) in [6.45, 7) is 3.99. The van der Waals surface area contributed by atoms with E-state index < -0.39 is 0 Å². The SMILES string of the molecule is Cc1ccncc1CNc1cc2c(cc1Br)OCCO2. The number of nitrogens with zero attached hydrogens (tertiary/aromatic N) is 1. The van der Waals surface area contributed by atoms with E-state index in [1.165, 1.54) is 11.1 Å². The number of pyridine rings is 1. The Morgan fingerprint density at radius 1 is 1.25 bits per heavy atom. The van der Waals surface area contributed by atoms with Crippen LogP contribution >= 0.6 is 15.9 Å². The van der Waals surface area contributed by atoms with Crippen molar-refractivity contribution in [1.29, 1.82) is 0 Å². The van der Waals surface area contributed by atoms with Gasteiger partial charge < -0.3 is 14.8 Å². The van der Waals surface area contributed by atoms with Crippen LogP contribution in [0.3, 0.4) is 0 Å². The number of hydrogen-bond donors (Lipinski definition) is 1. The summed E-state index contributed by atoms with van der Waals surface area (Å²) in [5, 5.41) is 3.40. The summed E-state index contributed by atoms with van der Waals surface area (Å²) in [7, 11) is 0. The summed E-state index contributed by atoms with van der Waals surface area (Å²) >= 11 is 3.55. The number of fused-ring (bicyclic) bond motifs is 1. The average molecular weight is 335 g/mol. The molecule has 0 spiro atoms. The maximum absolute atomic E-state index is 5.60. The molecule has 104 valence electrons. The van der Waals surface area contributed by atoms with Crippen LogP contribution in [-0.2, 0) is 6.54 Å². The monoisotopic (exact) mass is 334 g/mol. The number of anilines is 1. The highest BCUT2D eigenvalue weighted by molar-refractivity contribution is 9.10. The second-order valence-corrected chi connectivity index (χ2v) is 5.49. The van der Waals surface area contributed by atoms with Crippen LogP contribution in [0.1, 0.15) is 11.1 Å². The van der Waals surface area contributed by atoms with E-state index in [4.69, 9.17) is 9.47 Å². The quantitative estimate of drug-likeness (QED) is 0.932. The first-order valence-corrected chi connectivity index (χ1v) is 7.26. The summed E-state index contributed by atoms with van der Waals surface area (Å²) < 4.78 is 12.1. The molecular weight excluding hydrogens is 320 g/mol. The van der Waals surface area contributed by atoms with Gasteiger partial charge in [-0.05, 0) is 40.0 Å². The van der Waals surface area contributed by atoms with Crippen molar-refractivity contribution >= 4 is 21.6 Å². The zero-order valence-electron chi connectivity index (χ0n) is 11.1. The number of rotatable bonds is 3. The molecule has 0 radical (unpaired) electrons. The summed E-state index contributed by atoms with van der Waals surface area (Å²) in [4.78, 5) is 4.15. The Kier molecular flexibility index (Phi) is 3.78. The molecule has 0 aliphatic carbocycles. The number of halogens is 1. The van der Waals surface area contributed by atoms with Crippen molar-refractivity contribution in [3.63, 3.8) is 0 Å². The minimum Gasteiger partial charge on any atom is -0.486 e. The minimum absolute atomic E-state index is 0.593. The van der Waals surface area contributed by atoms with Crippen molar-refractivity contribution in [3.05, 3.63) is 46.2 Å². The number of nitrogens with one attached hydrogen (secondary N) is 1. The van der Waals surface area contributed by atoms with Crippen LogP contribution in [0, 0.1) is 6.92 Å². The van der Waals surface area contributed by atoms with Crippen LogP contribution in [0.5, 0.6) is 11.5 Å². The Labute approximate surface area is 126 Å². The zero-order chi connectivity index (χ0) is 13.9. The molecule has 1 aliphatic heterocycles. The lowest BCUT2D eigenvalue weighted by atomic mass is 10.1. The first-order chi connectivity index (χ1) is 9.74. The Balaban J connectivity index is 1.79. The molecule has 0 bridgehead atoms. The number of aryl methyl sites for hydroxylation is 1. The lowest BCUT2D eigenvalue weighted by Gasteiger charge is -2.20. The Hall–Kier alpha value is -1.75. The predicted octanol–water partition coefficient (Wildman–Crippen LogP) is 3.54. The van der Waals surface area contributed by atoms with Crippen LogP contribution in [0.2, 0.25) is 0 Å². The van der Waals surface area contributed by atoms with Crippen molar-refractivity contribution in [2.45, 2.75) is 13.5 Å². The molecule has 1 N–H and O–H groups in total. The van der Waals surface area contributed by atoms with Gasteiger partial charge in [0.25, 0.3) is 0 Å². The molecule has 0 amide bonds. The first kappa shape index (κ1) is 13.2. The predicted molar refractivity (Wildman–Crippen MR) is 81.4 cm³/mol. The molecule has 1 aromatic heterocycles. The van der Waals surface area contributed by atoms with E-state index >= 15 is 0 Å². The molecular formula is C15H15BrN2O2. The molecule has 1 aromatic carbocycles. The van der Waals surface area contributed by atoms with Crippen LogP contribution < -0.4 is 14.8 Å². The van der Waals surface area contributed by atoms with Crippen molar-refractivity contribution < 1.29 is 9.47 Å². The second-order valence-electron chi connectivity index (χ2n) is 4.63. The number of ether oxygens (including phenoxy) is 2.